The van der Waals surface area contributed by atoms with E-state index in [0.29, 0.717) is 60.8 Å². The fourth-order valence-electron chi connectivity index (χ4n) is 3.56. The Labute approximate surface area is 202 Å². The van der Waals surface area contributed by atoms with Gasteiger partial charge in [0.25, 0.3) is 5.92 Å². The molecule has 0 amide bonds. The van der Waals surface area contributed by atoms with Crippen LogP contribution in [0.4, 0.5) is 19.0 Å². The summed E-state index contributed by atoms with van der Waals surface area (Å²) in [6, 6.07) is 6.78. The lowest BCUT2D eigenvalue weighted by molar-refractivity contribution is 0.0136. The molecule has 35 heavy (non-hydrogen) atoms. The lowest BCUT2D eigenvalue weighted by Gasteiger charge is -2.21. The van der Waals surface area contributed by atoms with Crippen LogP contribution in [0.1, 0.15) is 36.8 Å². The molecule has 190 valence electrons. The molecule has 0 fully saturated rings. The molecular weight excluding hydrogens is 463 g/mol. The van der Waals surface area contributed by atoms with E-state index in [0.717, 1.165) is 6.07 Å². The Hall–Kier alpha value is -3.11. The van der Waals surface area contributed by atoms with Crippen molar-refractivity contribution >= 4 is 16.7 Å². The number of halogens is 3. The number of nitrogens with zero attached hydrogens (tertiary/aromatic N) is 2. The zero-order valence-corrected chi connectivity index (χ0v) is 20.5. The third-order valence-corrected chi connectivity index (χ3v) is 5.28. The first kappa shape index (κ1) is 26.5. The molecule has 1 atom stereocenters. The average molecular weight is 494 g/mol. The predicted octanol–water partition coefficient (Wildman–Crippen LogP) is 5.41. The summed E-state index contributed by atoms with van der Waals surface area (Å²) in [4.78, 5) is 8.97. The van der Waals surface area contributed by atoms with Gasteiger partial charge in [0.15, 0.2) is 11.5 Å². The minimum atomic E-state index is -3.30. The van der Waals surface area contributed by atoms with Crippen LogP contribution < -0.4 is 14.8 Å². The Morgan fingerprint density at radius 3 is 2.20 bits per heavy atom. The fourth-order valence-corrected chi connectivity index (χ4v) is 3.56. The number of fused-ring (bicyclic) bond motifs is 1. The molecule has 0 aliphatic carbocycles. The van der Waals surface area contributed by atoms with Gasteiger partial charge in [0.2, 0.25) is 0 Å². The van der Waals surface area contributed by atoms with Gasteiger partial charge in [0, 0.05) is 38.2 Å². The van der Waals surface area contributed by atoms with Crippen LogP contribution in [0.3, 0.4) is 0 Å². The minimum Gasteiger partial charge on any atom is -0.487 e. The third kappa shape index (κ3) is 6.52. The number of benzene rings is 2. The van der Waals surface area contributed by atoms with Crippen molar-refractivity contribution in [2.75, 3.05) is 46.0 Å². The number of anilines is 1. The molecule has 0 spiro atoms. The van der Waals surface area contributed by atoms with Crippen LogP contribution in [0.5, 0.6) is 11.5 Å². The summed E-state index contributed by atoms with van der Waals surface area (Å²) >= 11 is 0. The summed E-state index contributed by atoms with van der Waals surface area (Å²) in [7, 11) is 3.15. The second kappa shape index (κ2) is 11.5. The quantitative estimate of drug-likeness (QED) is 0.338. The number of nitrogens with one attached hydrogen (secondary N) is 1. The summed E-state index contributed by atoms with van der Waals surface area (Å²) in [6.45, 7) is 5.44. The highest BCUT2D eigenvalue weighted by Crippen LogP contribution is 2.37. The molecule has 10 heteroatoms. The first-order valence-electron chi connectivity index (χ1n) is 11.1. The molecule has 2 aromatic carbocycles. The van der Waals surface area contributed by atoms with Gasteiger partial charge in [-0.1, -0.05) is 18.2 Å². The number of ether oxygens (including phenoxy) is 4. The Kier molecular flexibility index (Phi) is 8.74. The Bertz CT molecular complexity index is 1150. The monoisotopic (exact) mass is 493 g/mol. The Balaban J connectivity index is 2.01. The maximum Gasteiger partial charge on any atom is 0.273 e. The van der Waals surface area contributed by atoms with Gasteiger partial charge in [-0.2, -0.15) is 0 Å². The topological polar surface area (TPSA) is 74.7 Å². The normalized spacial score (nSPS) is 12.6. The van der Waals surface area contributed by atoms with Crippen molar-refractivity contribution in [3.63, 3.8) is 0 Å². The number of methoxy groups -OCH3 is 2. The van der Waals surface area contributed by atoms with Gasteiger partial charge in [-0.3, -0.25) is 0 Å². The average Bonchev–Trinajstić information content (AvgIpc) is 2.79. The number of hydrogen-bond acceptors (Lipinski definition) is 7. The highest BCUT2D eigenvalue weighted by molar-refractivity contribution is 5.92. The number of aromatic nitrogens is 2. The van der Waals surface area contributed by atoms with Gasteiger partial charge in [0.05, 0.1) is 30.3 Å². The van der Waals surface area contributed by atoms with Crippen LogP contribution in [0, 0.1) is 12.7 Å². The van der Waals surface area contributed by atoms with Crippen molar-refractivity contribution in [1.29, 1.82) is 0 Å². The molecule has 0 unspecified atom stereocenters. The SMILES string of the molecule is COCCOc1cc2nc(C)nc(N[C@H](C)c3cccc(C(C)(F)F)c3F)c2cc1OCCOC. The smallest absolute Gasteiger partial charge is 0.273 e. The number of alkyl halides is 2. The summed E-state index contributed by atoms with van der Waals surface area (Å²) in [5.74, 6) is -2.44. The van der Waals surface area contributed by atoms with Crippen molar-refractivity contribution < 1.29 is 32.1 Å². The molecule has 0 aliphatic rings. The first-order valence-corrected chi connectivity index (χ1v) is 11.1. The second-order valence-electron chi connectivity index (χ2n) is 8.08. The van der Waals surface area contributed by atoms with Gasteiger partial charge in [0.1, 0.15) is 30.7 Å². The molecular formula is C25H30F3N3O4. The van der Waals surface area contributed by atoms with E-state index in [1.54, 1.807) is 40.2 Å². The third-order valence-electron chi connectivity index (χ3n) is 5.28. The van der Waals surface area contributed by atoms with Crippen molar-refractivity contribution in [1.82, 2.24) is 9.97 Å². The van der Waals surface area contributed by atoms with E-state index in [1.165, 1.54) is 12.1 Å². The highest BCUT2D eigenvalue weighted by Gasteiger charge is 2.30. The molecule has 0 bridgehead atoms. The maximum atomic E-state index is 14.9. The standard InChI is InChI=1S/C25H30F3N3O4/c1-15(17-7-6-8-19(23(17)26)25(3,27)28)29-24-18-13-21(34-11-9-32-4)22(35-12-10-33-5)14-20(18)30-16(2)31-24/h6-8,13-15H,9-12H2,1-5H3,(H,29,30,31)/t15-/m1/s1. The van der Waals surface area contributed by atoms with Gasteiger partial charge in [-0.25, -0.2) is 23.1 Å². The summed E-state index contributed by atoms with van der Waals surface area (Å²) in [6.07, 6.45) is 0. The van der Waals surface area contributed by atoms with E-state index in [1.807, 2.05) is 0 Å². The van der Waals surface area contributed by atoms with E-state index < -0.39 is 23.3 Å². The van der Waals surface area contributed by atoms with E-state index in [2.05, 4.69) is 15.3 Å². The van der Waals surface area contributed by atoms with Crippen LogP contribution in [0.2, 0.25) is 0 Å². The molecule has 0 radical (unpaired) electrons. The molecule has 7 nitrogen and oxygen atoms in total. The molecule has 1 aromatic heterocycles. The van der Waals surface area contributed by atoms with Crippen LogP contribution in [0.25, 0.3) is 10.9 Å². The summed E-state index contributed by atoms with van der Waals surface area (Å²) < 4.78 is 64.4. The Morgan fingerprint density at radius 2 is 1.60 bits per heavy atom. The highest BCUT2D eigenvalue weighted by atomic mass is 19.3. The van der Waals surface area contributed by atoms with Crippen LogP contribution >= 0.6 is 0 Å². The van der Waals surface area contributed by atoms with Crippen molar-refractivity contribution in [3.8, 4) is 11.5 Å². The maximum absolute atomic E-state index is 14.9. The van der Waals surface area contributed by atoms with Gasteiger partial charge in [-0.05, 0) is 19.9 Å². The largest absolute Gasteiger partial charge is 0.487 e. The lowest BCUT2D eigenvalue weighted by Crippen LogP contribution is -2.16. The molecule has 1 N–H and O–H groups in total. The van der Waals surface area contributed by atoms with Crippen LogP contribution in [-0.4, -0.2) is 50.6 Å². The van der Waals surface area contributed by atoms with Crippen molar-refractivity contribution in [2.45, 2.75) is 32.7 Å². The fraction of sp³-hybridized carbons (Fsp3) is 0.440. The first-order chi connectivity index (χ1) is 16.7. The molecule has 3 rings (SSSR count). The summed E-state index contributed by atoms with van der Waals surface area (Å²) in [5, 5.41) is 3.75. The molecule has 1 heterocycles. The van der Waals surface area contributed by atoms with Crippen molar-refractivity contribution in [3.05, 3.63) is 53.1 Å². The number of rotatable bonds is 12. The van der Waals surface area contributed by atoms with Crippen molar-refractivity contribution in [2.24, 2.45) is 0 Å². The van der Waals surface area contributed by atoms with Crippen LogP contribution in [0.15, 0.2) is 30.3 Å². The van der Waals surface area contributed by atoms with Crippen LogP contribution in [-0.2, 0) is 15.4 Å². The number of aryl methyl sites for hydroxylation is 1. The van der Waals surface area contributed by atoms with Gasteiger partial charge < -0.3 is 24.3 Å². The predicted molar refractivity (Wildman–Crippen MR) is 127 cm³/mol. The molecule has 0 saturated heterocycles. The van der Waals surface area contributed by atoms with E-state index in [4.69, 9.17) is 18.9 Å². The number of hydrogen-bond donors (Lipinski definition) is 1. The van der Waals surface area contributed by atoms with E-state index >= 15 is 0 Å². The van der Waals surface area contributed by atoms with E-state index in [9.17, 15) is 13.2 Å². The van der Waals surface area contributed by atoms with Gasteiger partial charge in [-0.15, -0.1) is 0 Å². The molecule has 0 aliphatic heterocycles. The summed E-state index contributed by atoms with van der Waals surface area (Å²) in [5.41, 5.74) is 0.0246. The van der Waals surface area contributed by atoms with Gasteiger partial charge >= 0.3 is 0 Å². The molecule has 3 aromatic rings. The molecule has 0 saturated carbocycles. The zero-order chi connectivity index (χ0) is 25.6. The van der Waals surface area contributed by atoms with E-state index in [-0.39, 0.29) is 12.2 Å². The second-order valence-corrected chi connectivity index (χ2v) is 8.08. The Morgan fingerprint density at radius 1 is 0.971 bits per heavy atom. The zero-order valence-electron chi connectivity index (χ0n) is 20.5. The lowest BCUT2D eigenvalue weighted by atomic mass is 10.0. The minimum absolute atomic E-state index is 0.101.